The molecule has 0 aliphatic carbocycles. The molecule has 0 saturated heterocycles. The molecule has 0 aliphatic rings. The highest BCUT2D eigenvalue weighted by Crippen LogP contribution is 2.22. The summed E-state index contributed by atoms with van der Waals surface area (Å²) in [5.74, 6) is 0.199. The Morgan fingerprint density at radius 1 is 1.10 bits per heavy atom. The summed E-state index contributed by atoms with van der Waals surface area (Å²) in [5, 5.41) is 10.8. The Bertz CT molecular complexity index is 1430. The molecule has 2 aromatic heterocycles. The lowest BCUT2D eigenvalue weighted by Crippen LogP contribution is -2.33. The number of carbonyl (C=O) groups is 2. The number of nitrogens with two attached hydrogens (primary N) is 1. The maximum absolute atomic E-state index is 13.5. The fourth-order valence-corrected chi connectivity index (χ4v) is 3.94. The highest BCUT2D eigenvalue weighted by atomic mass is 35.5. The summed E-state index contributed by atoms with van der Waals surface area (Å²) in [5.41, 5.74) is 9.68. The lowest BCUT2D eigenvalue weighted by Gasteiger charge is -2.22. The average molecular weight is 572 g/mol. The van der Waals surface area contributed by atoms with Crippen molar-refractivity contribution in [2.45, 2.75) is 19.9 Å². The van der Waals surface area contributed by atoms with Gasteiger partial charge in [-0.25, -0.2) is 4.98 Å². The Balaban J connectivity index is 0.00000267. The smallest absolute Gasteiger partial charge is 0.307 e. The van der Waals surface area contributed by atoms with Crippen LogP contribution >= 0.6 is 24.8 Å². The summed E-state index contributed by atoms with van der Waals surface area (Å²) in [7, 11) is 1.92. The van der Waals surface area contributed by atoms with Gasteiger partial charge in [-0.15, -0.1) is 24.8 Å². The van der Waals surface area contributed by atoms with Gasteiger partial charge >= 0.3 is 5.97 Å². The largest absolute Gasteiger partial charge is 0.466 e. The van der Waals surface area contributed by atoms with Crippen molar-refractivity contribution in [3.8, 4) is 0 Å². The normalized spacial score (nSPS) is 10.2. The van der Waals surface area contributed by atoms with E-state index in [1.54, 1.807) is 55.7 Å². The van der Waals surface area contributed by atoms with Crippen molar-refractivity contribution in [3.05, 3.63) is 83.9 Å². The Morgan fingerprint density at radius 2 is 1.82 bits per heavy atom. The molecule has 206 valence electrons. The number of nitrogens with one attached hydrogen (secondary N) is 2. The molecule has 0 atom stereocenters. The first kappa shape index (κ1) is 31.1. The number of halogens is 2. The van der Waals surface area contributed by atoms with E-state index >= 15 is 0 Å². The fourth-order valence-electron chi connectivity index (χ4n) is 3.94. The van der Waals surface area contributed by atoms with Crippen LogP contribution in [0.2, 0.25) is 0 Å². The molecule has 0 radical (unpaired) electrons. The molecular formula is C27H31Cl2N7O3. The third-order valence-electron chi connectivity index (χ3n) is 5.91. The Morgan fingerprint density at radius 3 is 2.46 bits per heavy atom. The minimum absolute atomic E-state index is 0. The molecule has 4 N–H and O–H groups in total. The number of amidine groups is 1. The van der Waals surface area contributed by atoms with Crippen LogP contribution in [-0.2, 0) is 23.1 Å². The summed E-state index contributed by atoms with van der Waals surface area (Å²) in [6, 6.07) is 16.2. The van der Waals surface area contributed by atoms with E-state index in [4.69, 9.17) is 20.9 Å². The number of ether oxygens (including phenoxy) is 1. The van der Waals surface area contributed by atoms with Gasteiger partial charge in [0.1, 0.15) is 11.7 Å². The maximum Gasteiger partial charge on any atom is 0.307 e. The van der Waals surface area contributed by atoms with E-state index in [9.17, 15) is 9.59 Å². The van der Waals surface area contributed by atoms with Crippen LogP contribution in [0.4, 0.5) is 11.4 Å². The molecule has 0 bridgehead atoms. The average Bonchev–Trinajstić information content (AvgIpc) is 3.23. The second-order valence-electron chi connectivity index (χ2n) is 8.36. The van der Waals surface area contributed by atoms with Crippen molar-refractivity contribution >= 4 is 64.9 Å². The Hall–Kier alpha value is -4.15. The van der Waals surface area contributed by atoms with Crippen LogP contribution in [0.3, 0.4) is 0 Å². The maximum atomic E-state index is 13.5. The third-order valence-corrected chi connectivity index (χ3v) is 5.91. The molecule has 10 nitrogen and oxygen atoms in total. The van der Waals surface area contributed by atoms with Gasteiger partial charge in [-0.05, 0) is 61.5 Å². The predicted octanol–water partition coefficient (Wildman–Crippen LogP) is 4.31. The number of rotatable bonds is 10. The molecule has 39 heavy (non-hydrogen) atoms. The van der Waals surface area contributed by atoms with E-state index in [-0.39, 0.29) is 62.1 Å². The third kappa shape index (κ3) is 7.46. The van der Waals surface area contributed by atoms with E-state index < -0.39 is 0 Å². The zero-order chi connectivity index (χ0) is 26.4. The van der Waals surface area contributed by atoms with E-state index in [1.807, 2.05) is 29.8 Å². The lowest BCUT2D eigenvalue weighted by molar-refractivity contribution is -0.142. The van der Waals surface area contributed by atoms with Crippen molar-refractivity contribution < 1.29 is 14.3 Å². The molecule has 0 saturated carbocycles. The summed E-state index contributed by atoms with van der Waals surface area (Å²) in [4.78, 5) is 35.9. The molecule has 0 fully saturated rings. The molecule has 12 heteroatoms. The van der Waals surface area contributed by atoms with Crippen molar-refractivity contribution in [3.63, 3.8) is 0 Å². The number of anilines is 2. The Kier molecular flexibility index (Phi) is 11.3. The first-order valence-corrected chi connectivity index (χ1v) is 11.9. The van der Waals surface area contributed by atoms with E-state index in [0.717, 1.165) is 17.0 Å². The number of hydrogen-bond acceptors (Lipinski definition) is 7. The number of imidazole rings is 1. The number of pyridine rings is 1. The summed E-state index contributed by atoms with van der Waals surface area (Å²) in [6.45, 7) is 2.67. The minimum Gasteiger partial charge on any atom is -0.466 e. The van der Waals surface area contributed by atoms with Gasteiger partial charge in [0.15, 0.2) is 0 Å². The highest BCUT2D eigenvalue weighted by Gasteiger charge is 2.21. The SMILES string of the molecule is CCOC(=O)CCN(C(=O)c1ccc2c(c1)nc(CNc1ccc(C(=N)N)cc1)n2C)c1cccnc1.Cl.Cl. The number of aryl methyl sites for hydroxylation is 1. The monoisotopic (exact) mass is 571 g/mol. The number of fused-ring (bicyclic) bond motifs is 1. The van der Waals surface area contributed by atoms with E-state index in [1.165, 1.54) is 4.90 Å². The molecule has 0 aliphatic heterocycles. The number of carbonyl (C=O) groups excluding carboxylic acids is 2. The van der Waals surface area contributed by atoms with Crippen LogP contribution in [0.5, 0.6) is 0 Å². The zero-order valence-corrected chi connectivity index (χ0v) is 23.2. The van der Waals surface area contributed by atoms with Crippen LogP contribution in [0.1, 0.15) is 35.1 Å². The topological polar surface area (TPSA) is 139 Å². The second-order valence-corrected chi connectivity index (χ2v) is 8.36. The van der Waals surface area contributed by atoms with Gasteiger partial charge in [-0.2, -0.15) is 0 Å². The molecule has 1 amide bonds. The molecular weight excluding hydrogens is 541 g/mol. The van der Waals surface area contributed by atoms with Crippen molar-refractivity contribution in [1.82, 2.24) is 14.5 Å². The van der Waals surface area contributed by atoms with Gasteiger partial charge in [-0.1, -0.05) is 0 Å². The molecule has 4 rings (SSSR count). The molecule has 0 spiro atoms. The minimum atomic E-state index is -0.363. The van der Waals surface area contributed by atoms with Crippen LogP contribution in [0.15, 0.2) is 67.0 Å². The van der Waals surface area contributed by atoms with Crippen LogP contribution in [0, 0.1) is 5.41 Å². The highest BCUT2D eigenvalue weighted by molar-refractivity contribution is 6.07. The lowest BCUT2D eigenvalue weighted by atomic mass is 10.1. The van der Waals surface area contributed by atoms with E-state index in [2.05, 4.69) is 10.3 Å². The first-order valence-electron chi connectivity index (χ1n) is 11.9. The van der Waals surface area contributed by atoms with Crippen molar-refractivity contribution in [2.24, 2.45) is 12.8 Å². The number of nitrogen functional groups attached to an aromatic ring is 1. The van der Waals surface area contributed by atoms with E-state index in [0.29, 0.717) is 28.9 Å². The number of esters is 1. The number of benzene rings is 2. The van der Waals surface area contributed by atoms with Crippen LogP contribution < -0.4 is 16.0 Å². The number of hydrogen-bond donors (Lipinski definition) is 3. The molecule has 4 aromatic rings. The summed E-state index contributed by atoms with van der Waals surface area (Å²) in [6.07, 6.45) is 3.29. The second kappa shape index (κ2) is 14.1. The molecule has 0 unspecified atom stereocenters. The predicted molar refractivity (Wildman–Crippen MR) is 157 cm³/mol. The van der Waals surface area contributed by atoms with Crippen LogP contribution in [-0.4, -0.2) is 45.4 Å². The number of amides is 1. The fraction of sp³-hybridized carbons (Fsp3) is 0.222. The molecule has 2 heterocycles. The zero-order valence-electron chi connectivity index (χ0n) is 21.6. The first-order chi connectivity index (χ1) is 17.9. The van der Waals surface area contributed by atoms with Gasteiger partial charge in [0.2, 0.25) is 0 Å². The number of nitrogens with zero attached hydrogens (tertiary/aromatic N) is 4. The van der Waals surface area contributed by atoms with Crippen LogP contribution in [0.25, 0.3) is 11.0 Å². The standard InChI is InChI=1S/C27H29N7O3.2ClH/c1-3-37-25(35)12-14-34(21-5-4-13-30-16-21)27(36)19-8-11-23-22(15-19)32-24(33(23)2)17-31-20-9-6-18(7-10-20)26(28)29;;/h4-11,13,15-16,31H,3,12,14,17H2,1-2H3,(H3,28,29);2*1H. The van der Waals surface area contributed by atoms with Gasteiger partial charge < -0.3 is 25.3 Å². The van der Waals surface area contributed by atoms with Gasteiger partial charge in [-0.3, -0.25) is 20.0 Å². The van der Waals surface area contributed by atoms with Gasteiger partial charge in [0.25, 0.3) is 5.91 Å². The Labute approximate surface area is 238 Å². The summed E-state index contributed by atoms with van der Waals surface area (Å²) >= 11 is 0. The van der Waals surface area contributed by atoms with Gasteiger partial charge in [0, 0.05) is 36.6 Å². The number of aromatic nitrogens is 3. The summed E-state index contributed by atoms with van der Waals surface area (Å²) < 4.78 is 7.00. The van der Waals surface area contributed by atoms with Crippen molar-refractivity contribution in [2.75, 3.05) is 23.4 Å². The quantitative estimate of drug-likeness (QED) is 0.146. The van der Waals surface area contributed by atoms with Crippen molar-refractivity contribution in [1.29, 1.82) is 5.41 Å². The van der Waals surface area contributed by atoms with Gasteiger partial charge in [0.05, 0.1) is 42.5 Å². The molecule has 2 aromatic carbocycles.